The highest BCUT2D eigenvalue weighted by Crippen LogP contribution is 2.40. The highest BCUT2D eigenvalue weighted by Gasteiger charge is 2.38. The van der Waals surface area contributed by atoms with Crippen molar-refractivity contribution in [2.45, 2.75) is 44.2 Å². The van der Waals surface area contributed by atoms with Crippen LogP contribution >= 0.6 is 0 Å². The van der Waals surface area contributed by atoms with Crippen LogP contribution in [-0.4, -0.2) is 24.0 Å². The van der Waals surface area contributed by atoms with Crippen molar-refractivity contribution in [2.75, 3.05) is 13.1 Å². The van der Waals surface area contributed by atoms with Crippen molar-refractivity contribution >= 4 is 0 Å². The number of halogens is 2. The molecule has 110 valence electrons. The molecule has 0 radical (unpaired) electrons. The molecule has 4 heteroatoms. The van der Waals surface area contributed by atoms with Crippen LogP contribution in [0.25, 0.3) is 0 Å². The molecule has 0 aromatic heterocycles. The minimum atomic E-state index is -0.515. The van der Waals surface area contributed by atoms with Crippen LogP contribution in [0.5, 0.6) is 0 Å². The third-order valence-corrected chi connectivity index (χ3v) is 4.93. The maximum absolute atomic E-state index is 13.5. The van der Waals surface area contributed by atoms with Crippen LogP contribution in [0.1, 0.15) is 43.7 Å². The van der Waals surface area contributed by atoms with Crippen LogP contribution in [0.2, 0.25) is 0 Å². The van der Waals surface area contributed by atoms with Crippen molar-refractivity contribution in [1.29, 1.82) is 0 Å². The summed E-state index contributed by atoms with van der Waals surface area (Å²) in [5, 5.41) is 0. The minimum Gasteiger partial charge on any atom is -0.329 e. The molecule has 1 aliphatic heterocycles. The number of hydrogen-bond donors (Lipinski definition) is 1. The molecule has 3 rings (SSSR count). The van der Waals surface area contributed by atoms with Gasteiger partial charge in [-0.15, -0.1) is 0 Å². The van der Waals surface area contributed by atoms with Crippen LogP contribution in [-0.2, 0) is 0 Å². The van der Waals surface area contributed by atoms with Crippen molar-refractivity contribution in [3.63, 3.8) is 0 Å². The Labute approximate surface area is 118 Å². The first-order valence-electron chi connectivity index (χ1n) is 7.61. The molecule has 0 amide bonds. The van der Waals surface area contributed by atoms with Crippen LogP contribution in [0.3, 0.4) is 0 Å². The summed E-state index contributed by atoms with van der Waals surface area (Å²) in [7, 11) is 0. The van der Waals surface area contributed by atoms with E-state index < -0.39 is 11.6 Å². The minimum absolute atomic E-state index is 0.0638. The summed E-state index contributed by atoms with van der Waals surface area (Å²) < 4.78 is 26.9. The molecule has 1 aliphatic carbocycles. The van der Waals surface area contributed by atoms with Gasteiger partial charge in [-0.05, 0) is 55.8 Å². The molecule has 1 aromatic rings. The molecule has 0 spiro atoms. The Kier molecular flexibility index (Phi) is 4.03. The van der Waals surface area contributed by atoms with Gasteiger partial charge in [0.1, 0.15) is 11.6 Å². The van der Waals surface area contributed by atoms with E-state index in [0.717, 1.165) is 24.9 Å². The zero-order valence-corrected chi connectivity index (χ0v) is 11.7. The predicted octanol–water partition coefficient (Wildman–Crippen LogP) is 3.23. The van der Waals surface area contributed by atoms with Gasteiger partial charge in [0, 0.05) is 24.7 Å². The van der Waals surface area contributed by atoms with E-state index in [1.165, 1.54) is 37.8 Å². The van der Waals surface area contributed by atoms with Crippen LogP contribution in [0.4, 0.5) is 8.78 Å². The Balaban J connectivity index is 1.88. The molecule has 1 saturated carbocycles. The SMILES string of the molecule is NCC(c1cc(F)cc(F)c1)N1CCCC2CCCC21. The van der Waals surface area contributed by atoms with Gasteiger partial charge in [-0.2, -0.15) is 0 Å². The van der Waals surface area contributed by atoms with Gasteiger partial charge in [-0.25, -0.2) is 8.78 Å². The Morgan fingerprint density at radius 2 is 1.80 bits per heavy atom. The number of nitrogens with zero attached hydrogens (tertiary/aromatic N) is 1. The van der Waals surface area contributed by atoms with Crippen molar-refractivity contribution in [3.8, 4) is 0 Å². The van der Waals surface area contributed by atoms with Crippen molar-refractivity contribution in [2.24, 2.45) is 11.7 Å². The van der Waals surface area contributed by atoms with E-state index in [2.05, 4.69) is 4.90 Å². The fraction of sp³-hybridized carbons (Fsp3) is 0.625. The van der Waals surface area contributed by atoms with Crippen LogP contribution in [0.15, 0.2) is 18.2 Å². The first kappa shape index (κ1) is 14.0. The Morgan fingerprint density at radius 3 is 2.50 bits per heavy atom. The molecule has 20 heavy (non-hydrogen) atoms. The largest absolute Gasteiger partial charge is 0.329 e. The lowest BCUT2D eigenvalue weighted by molar-refractivity contribution is 0.0699. The van der Waals surface area contributed by atoms with E-state index in [-0.39, 0.29) is 6.04 Å². The number of benzene rings is 1. The van der Waals surface area contributed by atoms with Crippen LogP contribution < -0.4 is 5.73 Å². The highest BCUT2D eigenvalue weighted by atomic mass is 19.1. The van der Waals surface area contributed by atoms with Gasteiger partial charge < -0.3 is 5.73 Å². The Bertz CT molecular complexity index is 457. The van der Waals surface area contributed by atoms with E-state index in [4.69, 9.17) is 5.73 Å². The average Bonchev–Trinajstić information content (AvgIpc) is 2.87. The number of likely N-dealkylation sites (tertiary alicyclic amines) is 1. The third kappa shape index (κ3) is 2.59. The number of rotatable bonds is 3. The first-order chi connectivity index (χ1) is 9.69. The molecule has 1 aromatic carbocycles. The molecule has 1 saturated heterocycles. The summed E-state index contributed by atoms with van der Waals surface area (Å²) in [6.45, 7) is 1.40. The van der Waals surface area contributed by atoms with Gasteiger partial charge in [-0.3, -0.25) is 4.90 Å². The number of fused-ring (bicyclic) bond motifs is 1. The second-order valence-electron chi connectivity index (χ2n) is 6.09. The standard InChI is InChI=1S/C16H22F2N2/c17-13-7-12(8-14(18)9-13)16(10-19)20-6-2-4-11-3-1-5-15(11)20/h7-9,11,15-16H,1-6,10,19H2. The zero-order valence-electron chi connectivity index (χ0n) is 11.7. The van der Waals surface area contributed by atoms with Crippen LogP contribution in [0, 0.1) is 17.6 Å². The molecule has 1 heterocycles. The third-order valence-electron chi connectivity index (χ3n) is 4.93. The molecule has 3 atom stereocenters. The van der Waals surface area contributed by atoms with Gasteiger partial charge >= 0.3 is 0 Å². The van der Waals surface area contributed by atoms with Gasteiger partial charge in [0.05, 0.1) is 0 Å². The quantitative estimate of drug-likeness (QED) is 0.921. The number of nitrogens with two attached hydrogens (primary N) is 1. The van der Waals surface area contributed by atoms with Gasteiger partial charge in [0.15, 0.2) is 0 Å². The lowest BCUT2D eigenvalue weighted by Gasteiger charge is -2.42. The lowest BCUT2D eigenvalue weighted by atomic mass is 9.89. The van der Waals surface area contributed by atoms with E-state index in [9.17, 15) is 8.78 Å². The summed E-state index contributed by atoms with van der Waals surface area (Å²) in [5.74, 6) is -0.284. The van der Waals surface area contributed by atoms with Gasteiger partial charge in [0.2, 0.25) is 0 Å². The fourth-order valence-corrected chi connectivity index (χ4v) is 4.11. The first-order valence-corrected chi connectivity index (χ1v) is 7.61. The Morgan fingerprint density at radius 1 is 1.10 bits per heavy atom. The molecule has 3 unspecified atom stereocenters. The number of hydrogen-bond acceptors (Lipinski definition) is 2. The topological polar surface area (TPSA) is 29.3 Å². The Hall–Kier alpha value is -1.00. The smallest absolute Gasteiger partial charge is 0.126 e. The molecular formula is C16H22F2N2. The van der Waals surface area contributed by atoms with Crippen molar-refractivity contribution in [1.82, 2.24) is 4.90 Å². The summed E-state index contributed by atoms with van der Waals surface area (Å²) in [6, 6.07) is 4.26. The normalized spacial score (nSPS) is 28.4. The maximum atomic E-state index is 13.5. The molecular weight excluding hydrogens is 258 g/mol. The molecule has 2 N–H and O–H groups in total. The van der Waals surface area contributed by atoms with Crippen molar-refractivity contribution < 1.29 is 8.78 Å². The van der Waals surface area contributed by atoms with E-state index >= 15 is 0 Å². The van der Waals surface area contributed by atoms with Gasteiger partial charge in [-0.1, -0.05) is 6.42 Å². The second-order valence-corrected chi connectivity index (χ2v) is 6.09. The maximum Gasteiger partial charge on any atom is 0.126 e. The van der Waals surface area contributed by atoms with Crippen molar-refractivity contribution in [3.05, 3.63) is 35.4 Å². The summed E-state index contributed by atoms with van der Waals surface area (Å²) in [6.07, 6.45) is 6.20. The highest BCUT2D eigenvalue weighted by molar-refractivity contribution is 5.22. The fourth-order valence-electron chi connectivity index (χ4n) is 4.11. The zero-order chi connectivity index (χ0) is 14.1. The number of piperidine rings is 1. The van der Waals surface area contributed by atoms with Gasteiger partial charge in [0.25, 0.3) is 0 Å². The summed E-state index contributed by atoms with van der Waals surface area (Å²) >= 11 is 0. The lowest BCUT2D eigenvalue weighted by Crippen LogP contribution is -2.46. The summed E-state index contributed by atoms with van der Waals surface area (Å²) in [4.78, 5) is 2.40. The second kappa shape index (κ2) is 5.78. The molecule has 0 bridgehead atoms. The van der Waals surface area contributed by atoms with E-state index in [0.29, 0.717) is 18.2 Å². The molecule has 2 aliphatic rings. The average molecular weight is 280 g/mol. The molecule has 2 fully saturated rings. The van der Waals surface area contributed by atoms with E-state index in [1.807, 2.05) is 0 Å². The van der Waals surface area contributed by atoms with E-state index in [1.54, 1.807) is 0 Å². The molecule has 2 nitrogen and oxygen atoms in total. The monoisotopic (exact) mass is 280 g/mol. The summed E-state index contributed by atoms with van der Waals surface area (Å²) in [5.41, 5.74) is 6.61. The predicted molar refractivity (Wildman–Crippen MR) is 75.2 cm³/mol.